The summed E-state index contributed by atoms with van der Waals surface area (Å²) in [5.41, 5.74) is 1.90. The van der Waals surface area contributed by atoms with Crippen molar-refractivity contribution < 1.29 is 14.5 Å². The first kappa shape index (κ1) is 15.8. The molecule has 0 bridgehead atoms. The summed E-state index contributed by atoms with van der Waals surface area (Å²) >= 11 is 3.21. The first-order valence-corrected chi connectivity index (χ1v) is 7.69. The lowest BCUT2D eigenvalue weighted by Gasteiger charge is -2.28. The predicted molar refractivity (Wildman–Crippen MR) is 81.2 cm³/mol. The third-order valence-electron chi connectivity index (χ3n) is 3.46. The summed E-state index contributed by atoms with van der Waals surface area (Å²) in [5, 5.41) is 10.9. The van der Waals surface area contributed by atoms with E-state index in [1.165, 1.54) is 0 Å². The third kappa shape index (κ3) is 3.72. The minimum Gasteiger partial charge on any atom is -0.449 e. The average molecular weight is 357 g/mol. The molecule has 1 amide bonds. The lowest BCUT2D eigenvalue weighted by Crippen LogP contribution is -2.36. The fourth-order valence-electron chi connectivity index (χ4n) is 2.26. The molecular formula is C14H17BrN2O4. The Morgan fingerprint density at radius 3 is 2.90 bits per heavy atom. The van der Waals surface area contributed by atoms with E-state index in [1.807, 2.05) is 6.92 Å². The number of fused-ring (bicyclic) bond motifs is 1. The maximum atomic E-state index is 11.9. The van der Waals surface area contributed by atoms with Crippen LogP contribution >= 0.6 is 15.9 Å². The van der Waals surface area contributed by atoms with Gasteiger partial charge in [-0.15, -0.1) is 0 Å². The molecule has 1 heterocycles. The van der Waals surface area contributed by atoms with Crippen molar-refractivity contribution in [1.82, 2.24) is 4.90 Å². The van der Waals surface area contributed by atoms with Gasteiger partial charge < -0.3 is 9.64 Å². The lowest BCUT2D eigenvalue weighted by molar-refractivity contribution is -0.385. The molecule has 0 radical (unpaired) electrons. The van der Waals surface area contributed by atoms with Gasteiger partial charge in [0.25, 0.3) is 5.69 Å². The second-order valence-corrected chi connectivity index (χ2v) is 5.82. The van der Waals surface area contributed by atoms with Crippen LogP contribution in [0.4, 0.5) is 10.5 Å². The third-order valence-corrected chi connectivity index (χ3v) is 4.09. The number of nitro groups is 1. The Morgan fingerprint density at radius 2 is 2.24 bits per heavy atom. The van der Waals surface area contributed by atoms with E-state index in [0.717, 1.165) is 24.0 Å². The Bertz CT molecular complexity index is 562. The summed E-state index contributed by atoms with van der Waals surface area (Å²) in [6.45, 7) is 3.42. The molecule has 7 heteroatoms. The van der Waals surface area contributed by atoms with Crippen LogP contribution in [0.2, 0.25) is 0 Å². The van der Waals surface area contributed by atoms with Crippen molar-refractivity contribution in [3.05, 3.63) is 37.8 Å². The van der Waals surface area contributed by atoms with E-state index in [4.69, 9.17) is 4.74 Å². The number of hydrogen-bond acceptors (Lipinski definition) is 4. The van der Waals surface area contributed by atoms with Gasteiger partial charge >= 0.3 is 6.09 Å². The Labute approximate surface area is 131 Å². The normalized spacial score (nSPS) is 13.7. The van der Waals surface area contributed by atoms with Crippen LogP contribution in [0.25, 0.3) is 0 Å². The van der Waals surface area contributed by atoms with Crippen LogP contribution in [0, 0.1) is 10.1 Å². The van der Waals surface area contributed by atoms with E-state index in [9.17, 15) is 14.9 Å². The number of unbranched alkanes of at least 4 members (excludes halogenated alkanes) is 1. The molecule has 0 N–H and O–H groups in total. The molecule has 1 aromatic carbocycles. The minimum absolute atomic E-state index is 0.0627. The SMILES string of the molecule is CCCCOC(=O)N1CCc2cc([N+](=O)[O-])c(Br)cc2C1. The first-order chi connectivity index (χ1) is 10.0. The minimum atomic E-state index is -0.407. The van der Waals surface area contributed by atoms with Crippen molar-refractivity contribution in [1.29, 1.82) is 0 Å². The second kappa shape index (κ2) is 6.89. The van der Waals surface area contributed by atoms with Crippen LogP contribution in [0.3, 0.4) is 0 Å². The highest BCUT2D eigenvalue weighted by Crippen LogP contribution is 2.31. The number of hydrogen-bond donors (Lipinski definition) is 0. The van der Waals surface area contributed by atoms with Crippen molar-refractivity contribution in [2.45, 2.75) is 32.7 Å². The average Bonchev–Trinajstić information content (AvgIpc) is 2.45. The summed E-state index contributed by atoms with van der Waals surface area (Å²) in [6, 6.07) is 3.30. The topological polar surface area (TPSA) is 72.7 Å². The Morgan fingerprint density at radius 1 is 1.48 bits per heavy atom. The van der Waals surface area contributed by atoms with Gasteiger partial charge in [0, 0.05) is 19.2 Å². The van der Waals surface area contributed by atoms with Gasteiger partial charge in [0.15, 0.2) is 0 Å². The quantitative estimate of drug-likeness (QED) is 0.468. The number of ether oxygens (including phenoxy) is 1. The fourth-order valence-corrected chi connectivity index (χ4v) is 2.79. The van der Waals surface area contributed by atoms with Gasteiger partial charge in [0.1, 0.15) is 0 Å². The number of amides is 1. The molecule has 0 spiro atoms. The highest BCUT2D eigenvalue weighted by atomic mass is 79.9. The maximum Gasteiger partial charge on any atom is 0.410 e. The maximum absolute atomic E-state index is 11.9. The Balaban J connectivity index is 2.08. The molecule has 2 rings (SSSR count). The van der Waals surface area contributed by atoms with Gasteiger partial charge in [-0.05, 0) is 46.0 Å². The van der Waals surface area contributed by atoms with E-state index < -0.39 is 4.92 Å². The number of carbonyl (C=O) groups excluding carboxylic acids is 1. The molecule has 1 aliphatic rings. The molecular weight excluding hydrogens is 340 g/mol. The number of carbonyl (C=O) groups is 1. The van der Waals surface area contributed by atoms with Crippen LogP contribution in [0.5, 0.6) is 0 Å². The van der Waals surface area contributed by atoms with Gasteiger partial charge in [-0.3, -0.25) is 10.1 Å². The largest absolute Gasteiger partial charge is 0.449 e. The Hall–Kier alpha value is -1.63. The lowest BCUT2D eigenvalue weighted by atomic mass is 9.99. The van der Waals surface area contributed by atoms with E-state index in [0.29, 0.717) is 30.6 Å². The molecule has 114 valence electrons. The van der Waals surface area contributed by atoms with Gasteiger partial charge in [0.05, 0.1) is 16.0 Å². The molecule has 21 heavy (non-hydrogen) atoms. The molecule has 0 aliphatic carbocycles. The highest BCUT2D eigenvalue weighted by molar-refractivity contribution is 9.10. The molecule has 0 aromatic heterocycles. The summed E-state index contributed by atoms with van der Waals surface area (Å²) in [5.74, 6) is 0. The van der Waals surface area contributed by atoms with Crippen LogP contribution in [-0.2, 0) is 17.7 Å². The zero-order chi connectivity index (χ0) is 15.4. The van der Waals surface area contributed by atoms with Gasteiger partial charge in [0.2, 0.25) is 0 Å². The molecule has 1 aromatic rings. The Kier molecular flexibility index (Phi) is 5.17. The number of nitro benzene ring substituents is 1. The van der Waals surface area contributed by atoms with E-state index >= 15 is 0 Å². The van der Waals surface area contributed by atoms with Crippen molar-refractivity contribution in [3.63, 3.8) is 0 Å². The van der Waals surface area contributed by atoms with Crippen LogP contribution in [0.15, 0.2) is 16.6 Å². The second-order valence-electron chi connectivity index (χ2n) is 4.97. The number of benzene rings is 1. The van der Waals surface area contributed by atoms with Crippen LogP contribution in [-0.4, -0.2) is 29.1 Å². The molecule has 0 saturated carbocycles. The van der Waals surface area contributed by atoms with Crippen LogP contribution < -0.4 is 0 Å². The van der Waals surface area contributed by atoms with E-state index in [2.05, 4.69) is 15.9 Å². The number of halogens is 1. The molecule has 0 atom stereocenters. The fraction of sp³-hybridized carbons (Fsp3) is 0.500. The van der Waals surface area contributed by atoms with Gasteiger partial charge in [-0.2, -0.15) is 0 Å². The monoisotopic (exact) mass is 356 g/mol. The zero-order valence-corrected chi connectivity index (χ0v) is 13.4. The molecule has 0 fully saturated rings. The summed E-state index contributed by atoms with van der Waals surface area (Å²) in [7, 11) is 0. The summed E-state index contributed by atoms with van der Waals surface area (Å²) in [6.07, 6.45) is 2.12. The smallest absolute Gasteiger partial charge is 0.410 e. The molecule has 0 saturated heterocycles. The van der Waals surface area contributed by atoms with E-state index in [-0.39, 0.29) is 11.8 Å². The highest BCUT2D eigenvalue weighted by Gasteiger charge is 2.25. The standard InChI is InChI=1S/C14H17BrN2O4/c1-2-3-6-21-14(18)16-5-4-10-8-13(17(19)20)12(15)7-11(10)9-16/h7-8H,2-6,9H2,1H3. The van der Waals surface area contributed by atoms with Crippen molar-refractivity contribution in [3.8, 4) is 0 Å². The molecule has 1 aliphatic heterocycles. The van der Waals surface area contributed by atoms with Crippen molar-refractivity contribution in [2.75, 3.05) is 13.2 Å². The summed E-state index contributed by atoms with van der Waals surface area (Å²) < 4.78 is 5.63. The zero-order valence-electron chi connectivity index (χ0n) is 11.8. The van der Waals surface area contributed by atoms with Crippen molar-refractivity contribution in [2.24, 2.45) is 0 Å². The number of rotatable bonds is 4. The summed E-state index contributed by atoms with van der Waals surface area (Å²) in [4.78, 5) is 24.1. The molecule has 6 nitrogen and oxygen atoms in total. The first-order valence-electron chi connectivity index (χ1n) is 6.90. The van der Waals surface area contributed by atoms with Crippen molar-refractivity contribution >= 4 is 27.7 Å². The van der Waals surface area contributed by atoms with Gasteiger partial charge in [-0.1, -0.05) is 13.3 Å². The predicted octanol–water partition coefficient (Wildman–Crippen LogP) is 3.65. The molecule has 0 unspecified atom stereocenters. The van der Waals surface area contributed by atoms with Crippen LogP contribution in [0.1, 0.15) is 30.9 Å². The van der Waals surface area contributed by atoms with Gasteiger partial charge in [-0.25, -0.2) is 4.79 Å². The number of nitrogens with zero attached hydrogens (tertiary/aromatic N) is 2. The van der Waals surface area contributed by atoms with E-state index in [1.54, 1.807) is 17.0 Å².